The molecule has 1 aromatic rings. The monoisotopic (exact) mass is 330 g/mol. The summed E-state index contributed by atoms with van der Waals surface area (Å²) in [5.74, 6) is 0. The van der Waals surface area contributed by atoms with Gasteiger partial charge >= 0.3 is 0 Å². The molecule has 1 aromatic carbocycles. The van der Waals surface area contributed by atoms with E-state index in [1.165, 1.54) is 0 Å². The van der Waals surface area contributed by atoms with Crippen LogP contribution in [0.5, 0.6) is 0 Å². The molecule has 6 heteroatoms. The molecule has 0 saturated carbocycles. The zero-order valence-corrected chi connectivity index (χ0v) is 14.3. The first-order chi connectivity index (χ1) is 10.4. The number of hydrogen-bond acceptors (Lipinski definition) is 5. The molecule has 0 aliphatic carbocycles. The minimum atomic E-state index is -3.39. The summed E-state index contributed by atoms with van der Waals surface area (Å²) in [5.41, 5.74) is 1.16. The van der Waals surface area contributed by atoms with E-state index in [9.17, 15) is 8.42 Å². The summed E-state index contributed by atoms with van der Waals surface area (Å²) >= 11 is 0. The fraction of sp³-hybridized carbons (Fsp3) is 0.625. The molecule has 0 aliphatic heterocycles. The Bertz CT molecular complexity index is 501. The quantitative estimate of drug-likeness (QED) is 0.461. The second-order valence-corrected chi connectivity index (χ2v) is 7.01. The fourth-order valence-electron chi connectivity index (χ4n) is 1.88. The minimum Gasteiger partial charge on any atom is -0.378 e. The summed E-state index contributed by atoms with van der Waals surface area (Å²) in [5, 5.41) is 0. The van der Waals surface area contributed by atoms with E-state index >= 15 is 0 Å². The van der Waals surface area contributed by atoms with E-state index in [-0.39, 0.29) is 12.2 Å². The molecule has 0 aromatic heterocycles. The maximum absolute atomic E-state index is 11.0. The number of ether oxygens (including phenoxy) is 2. The van der Waals surface area contributed by atoms with Crippen molar-refractivity contribution in [2.75, 3.05) is 19.5 Å². The molecule has 1 rings (SSSR count). The molecule has 0 heterocycles. The van der Waals surface area contributed by atoms with Crippen LogP contribution < -0.4 is 0 Å². The van der Waals surface area contributed by atoms with Gasteiger partial charge in [-0.2, -0.15) is 8.42 Å². The highest BCUT2D eigenvalue weighted by Crippen LogP contribution is 2.06. The normalized spacial score (nSPS) is 14.7. The predicted octanol–water partition coefficient (Wildman–Crippen LogP) is 2.75. The minimum absolute atomic E-state index is 0.0706. The Labute approximate surface area is 133 Å². The van der Waals surface area contributed by atoms with Crippen molar-refractivity contribution in [2.45, 2.75) is 45.5 Å². The summed E-state index contributed by atoms with van der Waals surface area (Å²) in [4.78, 5) is 0. The van der Waals surface area contributed by atoms with Crippen molar-refractivity contribution in [1.82, 2.24) is 0 Å². The lowest BCUT2D eigenvalue weighted by Gasteiger charge is -2.15. The third-order valence-corrected chi connectivity index (χ3v) is 3.72. The number of benzene rings is 1. The van der Waals surface area contributed by atoms with Gasteiger partial charge in [0.25, 0.3) is 10.1 Å². The van der Waals surface area contributed by atoms with Crippen LogP contribution in [0.2, 0.25) is 0 Å². The molecule has 0 saturated heterocycles. The topological polar surface area (TPSA) is 61.8 Å². The lowest BCUT2D eigenvalue weighted by atomic mass is 10.2. The highest BCUT2D eigenvalue weighted by atomic mass is 32.2. The molecule has 0 N–H and O–H groups in total. The molecule has 0 radical (unpaired) electrons. The highest BCUT2D eigenvalue weighted by Gasteiger charge is 2.11. The molecule has 126 valence electrons. The van der Waals surface area contributed by atoms with E-state index < -0.39 is 10.1 Å². The van der Waals surface area contributed by atoms with E-state index in [1.807, 2.05) is 37.3 Å². The summed E-state index contributed by atoms with van der Waals surface area (Å²) in [6.07, 6.45) is 2.10. The first-order valence-corrected chi connectivity index (χ1v) is 9.30. The molecule has 2 unspecified atom stereocenters. The average Bonchev–Trinajstić information content (AvgIpc) is 2.43. The second-order valence-electron chi connectivity index (χ2n) is 5.41. The van der Waals surface area contributed by atoms with Gasteiger partial charge in [-0.15, -0.1) is 0 Å². The third kappa shape index (κ3) is 9.89. The van der Waals surface area contributed by atoms with E-state index in [4.69, 9.17) is 13.7 Å². The van der Waals surface area contributed by atoms with Crippen molar-refractivity contribution >= 4 is 10.1 Å². The van der Waals surface area contributed by atoms with Crippen molar-refractivity contribution in [1.29, 1.82) is 0 Å². The lowest BCUT2D eigenvalue weighted by molar-refractivity contribution is 0.0178. The molecule has 0 fully saturated rings. The van der Waals surface area contributed by atoms with Crippen molar-refractivity contribution < 1.29 is 22.1 Å². The molecular formula is C16H26O5S. The Morgan fingerprint density at radius 1 is 1.00 bits per heavy atom. The molecule has 0 spiro atoms. The van der Waals surface area contributed by atoms with Gasteiger partial charge in [-0.3, -0.25) is 4.18 Å². The van der Waals surface area contributed by atoms with Gasteiger partial charge in [0.15, 0.2) is 0 Å². The predicted molar refractivity (Wildman–Crippen MR) is 86.1 cm³/mol. The SMILES string of the molecule is CC(CCOCc1ccccc1)OCCC(C)OS(C)(=O)=O. The summed E-state index contributed by atoms with van der Waals surface area (Å²) in [7, 11) is -3.39. The van der Waals surface area contributed by atoms with Crippen LogP contribution in [0.25, 0.3) is 0 Å². The Morgan fingerprint density at radius 3 is 2.27 bits per heavy atom. The van der Waals surface area contributed by atoms with Crippen molar-refractivity contribution in [3.05, 3.63) is 35.9 Å². The van der Waals surface area contributed by atoms with Crippen LogP contribution in [0.3, 0.4) is 0 Å². The number of hydrogen-bond donors (Lipinski definition) is 0. The van der Waals surface area contributed by atoms with E-state index in [0.29, 0.717) is 26.2 Å². The van der Waals surface area contributed by atoms with Crippen LogP contribution >= 0.6 is 0 Å². The van der Waals surface area contributed by atoms with Crippen LogP contribution in [0.15, 0.2) is 30.3 Å². The molecule has 22 heavy (non-hydrogen) atoms. The van der Waals surface area contributed by atoms with Gasteiger partial charge in [-0.1, -0.05) is 30.3 Å². The lowest BCUT2D eigenvalue weighted by Crippen LogP contribution is -2.19. The second kappa shape index (κ2) is 9.94. The summed E-state index contributed by atoms with van der Waals surface area (Å²) in [6.45, 7) is 5.40. The first kappa shape index (κ1) is 19.1. The molecular weight excluding hydrogens is 304 g/mol. The Balaban J connectivity index is 2.05. The van der Waals surface area contributed by atoms with Crippen LogP contribution in [0.1, 0.15) is 32.3 Å². The van der Waals surface area contributed by atoms with E-state index in [0.717, 1.165) is 18.2 Å². The van der Waals surface area contributed by atoms with Gasteiger partial charge < -0.3 is 9.47 Å². The highest BCUT2D eigenvalue weighted by molar-refractivity contribution is 7.86. The zero-order valence-electron chi connectivity index (χ0n) is 13.5. The Morgan fingerprint density at radius 2 is 1.64 bits per heavy atom. The van der Waals surface area contributed by atoms with Gasteiger partial charge in [0.1, 0.15) is 0 Å². The average molecular weight is 330 g/mol. The van der Waals surface area contributed by atoms with Crippen LogP contribution in [0, 0.1) is 0 Å². The van der Waals surface area contributed by atoms with Crippen molar-refractivity contribution in [3.8, 4) is 0 Å². The van der Waals surface area contributed by atoms with Crippen LogP contribution in [-0.4, -0.2) is 40.1 Å². The fourth-order valence-corrected chi connectivity index (χ4v) is 2.57. The molecule has 5 nitrogen and oxygen atoms in total. The van der Waals surface area contributed by atoms with Gasteiger partial charge in [-0.25, -0.2) is 0 Å². The Hall–Kier alpha value is -0.950. The third-order valence-electron chi connectivity index (χ3n) is 3.05. The van der Waals surface area contributed by atoms with Gasteiger partial charge in [0, 0.05) is 13.2 Å². The smallest absolute Gasteiger partial charge is 0.264 e. The van der Waals surface area contributed by atoms with E-state index in [1.54, 1.807) is 6.92 Å². The first-order valence-electron chi connectivity index (χ1n) is 7.48. The van der Waals surface area contributed by atoms with Crippen molar-refractivity contribution in [3.63, 3.8) is 0 Å². The molecule has 0 bridgehead atoms. The van der Waals surface area contributed by atoms with E-state index in [2.05, 4.69) is 0 Å². The van der Waals surface area contributed by atoms with Crippen molar-refractivity contribution in [2.24, 2.45) is 0 Å². The molecule has 0 amide bonds. The molecule has 2 atom stereocenters. The summed E-state index contributed by atoms with van der Waals surface area (Å²) < 4.78 is 38.0. The van der Waals surface area contributed by atoms with Gasteiger partial charge in [0.05, 0.1) is 25.1 Å². The van der Waals surface area contributed by atoms with Crippen LogP contribution in [-0.2, 0) is 30.4 Å². The van der Waals surface area contributed by atoms with Crippen LogP contribution in [0.4, 0.5) is 0 Å². The summed E-state index contributed by atoms with van der Waals surface area (Å²) in [6, 6.07) is 10.0. The maximum atomic E-state index is 11.0. The number of rotatable bonds is 11. The zero-order chi connectivity index (χ0) is 16.4. The maximum Gasteiger partial charge on any atom is 0.264 e. The van der Waals surface area contributed by atoms with Gasteiger partial charge in [0.2, 0.25) is 0 Å². The molecule has 0 aliphatic rings. The largest absolute Gasteiger partial charge is 0.378 e. The standard InChI is InChI=1S/C16H26O5S/c1-14(20-12-10-15(2)21-22(3,17)18)9-11-19-13-16-7-5-4-6-8-16/h4-8,14-15H,9-13H2,1-3H3. The Kier molecular flexibility index (Phi) is 8.63. The van der Waals surface area contributed by atoms with Gasteiger partial charge in [-0.05, 0) is 32.3 Å².